The van der Waals surface area contributed by atoms with Crippen LogP contribution in [0.1, 0.15) is 12.0 Å². The van der Waals surface area contributed by atoms with Crippen molar-refractivity contribution in [3.63, 3.8) is 0 Å². The summed E-state index contributed by atoms with van der Waals surface area (Å²) in [6, 6.07) is 3.16. The molecule has 0 unspecified atom stereocenters. The van der Waals surface area contributed by atoms with E-state index < -0.39 is 17.7 Å². The minimum absolute atomic E-state index is 0.0647. The van der Waals surface area contributed by atoms with Crippen LogP contribution >= 0.6 is 15.9 Å². The highest BCUT2D eigenvalue weighted by atomic mass is 79.9. The molecule has 0 spiro atoms. The lowest BCUT2D eigenvalue weighted by Crippen LogP contribution is -2.10. The van der Waals surface area contributed by atoms with Gasteiger partial charge in [0.1, 0.15) is 0 Å². The molecule has 17 heavy (non-hydrogen) atoms. The summed E-state index contributed by atoms with van der Waals surface area (Å²) in [6.07, 6.45) is -4.58. The molecule has 1 rings (SSSR count). The predicted octanol–water partition coefficient (Wildman–Crippen LogP) is 3.35. The van der Waals surface area contributed by atoms with Gasteiger partial charge in [-0.15, -0.1) is 0 Å². The van der Waals surface area contributed by atoms with E-state index in [-0.39, 0.29) is 18.7 Å². The number of nitrogens with one attached hydrogen (secondary N) is 1. The zero-order chi connectivity index (χ0) is 13.1. The molecular formula is C10H9BrF3NO2. The van der Waals surface area contributed by atoms with Gasteiger partial charge in [-0.25, -0.2) is 0 Å². The molecular weight excluding hydrogens is 303 g/mol. The molecule has 0 aliphatic carbocycles. The number of rotatable bonds is 4. The lowest BCUT2D eigenvalue weighted by molar-refractivity contribution is -0.138. The molecule has 1 aromatic carbocycles. The summed E-state index contributed by atoms with van der Waals surface area (Å²) in [5.74, 6) is -1.01. The van der Waals surface area contributed by atoms with Gasteiger partial charge in [0.15, 0.2) is 0 Å². The van der Waals surface area contributed by atoms with Gasteiger partial charge in [0, 0.05) is 16.7 Å². The normalized spacial score (nSPS) is 11.3. The number of anilines is 1. The molecule has 0 heterocycles. The molecule has 0 bridgehead atoms. The van der Waals surface area contributed by atoms with Crippen LogP contribution in [0.5, 0.6) is 0 Å². The van der Waals surface area contributed by atoms with Crippen molar-refractivity contribution in [3.05, 3.63) is 28.2 Å². The van der Waals surface area contributed by atoms with E-state index in [0.29, 0.717) is 4.47 Å². The summed E-state index contributed by atoms with van der Waals surface area (Å²) in [5, 5.41) is 11.0. The van der Waals surface area contributed by atoms with Gasteiger partial charge in [0.05, 0.1) is 12.0 Å². The number of hydrogen-bond acceptors (Lipinski definition) is 2. The number of aliphatic carboxylic acids is 1. The molecule has 0 aromatic heterocycles. The number of benzene rings is 1. The Bertz CT molecular complexity index is 421. The summed E-state index contributed by atoms with van der Waals surface area (Å²) in [5.41, 5.74) is -0.556. The van der Waals surface area contributed by atoms with Crippen LogP contribution in [0, 0.1) is 0 Å². The largest absolute Gasteiger partial charge is 0.481 e. The molecule has 0 saturated heterocycles. The lowest BCUT2D eigenvalue weighted by Gasteiger charge is -2.11. The van der Waals surface area contributed by atoms with Gasteiger partial charge in [-0.3, -0.25) is 4.79 Å². The van der Waals surface area contributed by atoms with Gasteiger partial charge in [0.25, 0.3) is 0 Å². The van der Waals surface area contributed by atoms with Gasteiger partial charge in [-0.05, 0) is 34.1 Å². The summed E-state index contributed by atoms with van der Waals surface area (Å²) < 4.78 is 37.7. The monoisotopic (exact) mass is 311 g/mol. The van der Waals surface area contributed by atoms with Gasteiger partial charge in [-0.1, -0.05) is 0 Å². The van der Waals surface area contributed by atoms with Crippen LogP contribution in [0.4, 0.5) is 18.9 Å². The number of alkyl halides is 3. The van der Waals surface area contributed by atoms with E-state index in [1.165, 1.54) is 6.07 Å². The number of carbonyl (C=O) groups is 1. The molecule has 3 nitrogen and oxygen atoms in total. The van der Waals surface area contributed by atoms with Crippen LogP contribution in [0.3, 0.4) is 0 Å². The molecule has 0 saturated carbocycles. The minimum atomic E-state index is -4.41. The Morgan fingerprint density at radius 3 is 2.59 bits per heavy atom. The van der Waals surface area contributed by atoms with Crippen molar-refractivity contribution in [3.8, 4) is 0 Å². The molecule has 0 radical (unpaired) electrons. The van der Waals surface area contributed by atoms with Crippen LogP contribution in [-0.4, -0.2) is 17.6 Å². The Morgan fingerprint density at radius 1 is 1.41 bits per heavy atom. The average Bonchev–Trinajstić information content (AvgIpc) is 2.18. The Hall–Kier alpha value is -1.24. The molecule has 7 heteroatoms. The van der Waals surface area contributed by atoms with Crippen molar-refractivity contribution < 1.29 is 23.1 Å². The summed E-state index contributed by atoms with van der Waals surface area (Å²) >= 11 is 3.09. The summed E-state index contributed by atoms with van der Waals surface area (Å²) in [6.45, 7) is 0.0647. The summed E-state index contributed by atoms with van der Waals surface area (Å²) in [7, 11) is 0. The van der Waals surface area contributed by atoms with E-state index in [4.69, 9.17) is 5.11 Å². The van der Waals surface area contributed by atoms with E-state index in [1.807, 2.05) is 0 Å². The predicted molar refractivity (Wildman–Crippen MR) is 59.9 cm³/mol. The Balaban J connectivity index is 2.80. The molecule has 0 amide bonds. The van der Waals surface area contributed by atoms with Crippen molar-refractivity contribution in [2.24, 2.45) is 0 Å². The molecule has 0 fully saturated rings. The second-order valence-corrected chi connectivity index (χ2v) is 4.12. The Labute approximate surface area is 104 Å². The zero-order valence-electron chi connectivity index (χ0n) is 8.51. The number of carboxylic acids is 1. The quantitative estimate of drug-likeness (QED) is 0.896. The maximum absolute atomic E-state index is 12.4. The third-order valence-corrected chi connectivity index (χ3v) is 2.64. The maximum atomic E-state index is 12.4. The van der Waals surface area contributed by atoms with Crippen molar-refractivity contribution in [1.29, 1.82) is 0 Å². The number of halogens is 4. The number of carboxylic acid groups (broad SMARTS) is 1. The second-order valence-electron chi connectivity index (χ2n) is 3.26. The third-order valence-electron chi connectivity index (χ3n) is 1.95. The van der Waals surface area contributed by atoms with Crippen molar-refractivity contribution in [2.45, 2.75) is 12.6 Å². The molecule has 0 aliphatic heterocycles. The van der Waals surface area contributed by atoms with Crippen molar-refractivity contribution >= 4 is 27.6 Å². The first-order chi connectivity index (χ1) is 7.80. The highest BCUT2D eigenvalue weighted by Crippen LogP contribution is 2.33. The molecule has 94 valence electrons. The lowest BCUT2D eigenvalue weighted by atomic mass is 10.2. The average molecular weight is 312 g/mol. The van der Waals surface area contributed by atoms with E-state index in [0.717, 1.165) is 12.1 Å². The highest BCUT2D eigenvalue weighted by Gasteiger charge is 2.30. The van der Waals surface area contributed by atoms with Crippen molar-refractivity contribution in [1.82, 2.24) is 0 Å². The maximum Gasteiger partial charge on any atom is 0.416 e. The SMILES string of the molecule is O=C(O)CCNc1cc(C(F)(F)F)ccc1Br. The fraction of sp³-hybridized carbons (Fsp3) is 0.300. The van der Waals surface area contributed by atoms with E-state index >= 15 is 0 Å². The van der Waals surface area contributed by atoms with E-state index in [9.17, 15) is 18.0 Å². The highest BCUT2D eigenvalue weighted by molar-refractivity contribution is 9.10. The summed E-state index contributed by atoms with van der Waals surface area (Å²) in [4.78, 5) is 10.3. The minimum Gasteiger partial charge on any atom is -0.481 e. The standard InChI is InChI=1S/C10H9BrF3NO2/c11-7-2-1-6(10(12,13)14)5-8(7)15-4-3-9(16)17/h1-2,5,15H,3-4H2,(H,16,17). The van der Waals surface area contributed by atoms with Gasteiger partial charge in [-0.2, -0.15) is 13.2 Å². The smallest absolute Gasteiger partial charge is 0.416 e. The van der Waals surface area contributed by atoms with Gasteiger partial charge < -0.3 is 10.4 Å². The first-order valence-electron chi connectivity index (χ1n) is 4.63. The molecule has 2 N–H and O–H groups in total. The Morgan fingerprint density at radius 2 is 2.06 bits per heavy atom. The van der Waals surface area contributed by atoms with E-state index in [2.05, 4.69) is 21.2 Å². The van der Waals surface area contributed by atoms with Gasteiger partial charge >= 0.3 is 12.1 Å². The first-order valence-corrected chi connectivity index (χ1v) is 5.42. The zero-order valence-corrected chi connectivity index (χ0v) is 10.1. The van der Waals surface area contributed by atoms with Crippen LogP contribution < -0.4 is 5.32 Å². The first kappa shape index (κ1) is 13.8. The topological polar surface area (TPSA) is 49.3 Å². The van der Waals surface area contributed by atoms with Gasteiger partial charge in [0.2, 0.25) is 0 Å². The fourth-order valence-electron chi connectivity index (χ4n) is 1.14. The van der Waals surface area contributed by atoms with Crippen LogP contribution in [0.2, 0.25) is 0 Å². The molecule has 0 aliphatic rings. The second kappa shape index (κ2) is 5.39. The fourth-order valence-corrected chi connectivity index (χ4v) is 1.53. The molecule has 1 aromatic rings. The van der Waals surface area contributed by atoms with Crippen molar-refractivity contribution in [2.75, 3.05) is 11.9 Å². The number of hydrogen-bond donors (Lipinski definition) is 2. The van der Waals surface area contributed by atoms with Crippen LogP contribution in [0.15, 0.2) is 22.7 Å². The Kier molecular flexibility index (Phi) is 4.39. The van der Waals surface area contributed by atoms with Crippen LogP contribution in [-0.2, 0) is 11.0 Å². The third kappa shape index (κ3) is 4.26. The van der Waals surface area contributed by atoms with E-state index in [1.54, 1.807) is 0 Å². The van der Waals surface area contributed by atoms with Crippen LogP contribution in [0.25, 0.3) is 0 Å². The molecule has 0 atom stereocenters.